The van der Waals surface area contributed by atoms with Gasteiger partial charge in [0.15, 0.2) is 0 Å². The van der Waals surface area contributed by atoms with Crippen molar-refractivity contribution < 1.29 is 36.9 Å². The molecule has 0 unspecified atom stereocenters. The van der Waals surface area contributed by atoms with Crippen LogP contribution in [0.4, 0.5) is 0 Å². The first-order chi connectivity index (χ1) is 25.5. The smallest absolute Gasteiger partial charge is 0.123 e. The number of aryl methyl sites for hydroxylation is 5. The molecule has 0 aliphatic rings. The predicted octanol–water partition coefficient (Wildman–Crippen LogP) is 10.5. The molecule has 46 heavy (non-hydrogen) atoms. The molecule has 3 aromatic heterocycles. The van der Waals surface area contributed by atoms with E-state index in [1.807, 2.05) is 24.3 Å². The molecule has 0 aliphatic carbocycles. The van der Waals surface area contributed by atoms with Gasteiger partial charge in [-0.3, -0.25) is 4.98 Å². The van der Waals surface area contributed by atoms with Gasteiger partial charge in [0.05, 0.1) is 22.4 Å². The van der Waals surface area contributed by atoms with Gasteiger partial charge in [-0.05, 0) is 74.5 Å². The minimum absolute atomic E-state index is 0. The van der Waals surface area contributed by atoms with Crippen LogP contribution in [0.5, 0.6) is 0 Å². The van der Waals surface area contributed by atoms with Crippen LogP contribution in [0, 0.1) is 46.5 Å². The summed E-state index contributed by atoms with van der Waals surface area (Å²) in [5.41, 5.74) is 7.16. The molecule has 8 aromatic rings. The number of benzene rings is 5. The Morgan fingerprint density at radius 1 is 0.696 bits per heavy atom. The molecule has 0 aliphatic heterocycles. The van der Waals surface area contributed by atoms with Crippen LogP contribution >= 0.6 is 0 Å². The minimum Gasteiger partial charge on any atom is -0.500 e. The molecule has 8 rings (SSSR count). The van der Waals surface area contributed by atoms with Crippen LogP contribution in [0.2, 0.25) is 0 Å². The monoisotopic (exact) mass is 785 g/mol. The quantitative estimate of drug-likeness (QED) is 0.168. The first-order valence-electron chi connectivity index (χ1n) is 18.9. The van der Waals surface area contributed by atoms with Crippen molar-refractivity contribution in [1.29, 1.82) is 0 Å². The van der Waals surface area contributed by atoms with Crippen LogP contribution in [0.15, 0.2) is 114 Å². The summed E-state index contributed by atoms with van der Waals surface area (Å²) in [4.78, 5) is 9.04. The molecular weight excluding hydrogens is 743 g/mol. The molecule has 0 N–H and O–H groups in total. The van der Waals surface area contributed by atoms with Gasteiger partial charge in [0.1, 0.15) is 5.58 Å². The molecule has 0 bridgehead atoms. The zero-order chi connectivity index (χ0) is 38.6. The van der Waals surface area contributed by atoms with E-state index in [0.717, 1.165) is 28.6 Å². The number of imidazole rings is 1. The van der Waals surface area contributed by atoms with Gasteiger partial charge in [-0.2, -0.15) is 0 Å². The van der Waals surface area contributed by atoms with Gasteiger partial charge in [0.2, 0.25) is 0 Å². The number of hydrogen-bond donors (Lipinski definition) is 0. The van der Waals surface area contributed by atoms with E-state index in [1.54, 1.807) is 24.3 Å². The number of aromatic nitrogens is 3. The average molecular weight is 785 g/mol. The summed E-state index contributed by atoms with van der Waals surface area (Å²) in [6.07, 6.45) is 1.03. The fourth-order valence-corrected chi connectivity index (χ4v) is 5.67. The fourth-order valence-electron chi connectivity index (χ4n) is 5.67. The first-order valence-corrected chi connectivity index (χ1v) is 14.4. The van der Waals surface area contributed by atoms with Gasteiger partial charge in [0, 0.05) is 49.7 Å². The van der Waals surface area contributed by atoms with E-state index in [-0.39, 0.29) is 48.1 Å². The van der Waals surface area contributed by atoms with Crippen LogP contribution in [0.3, 0.4) is 0 Å². The molecule has 5 aromatic carbocycles. The number of pyridine rings is 1. The number of furan rings is 1. The topological polar surface area (TPSA) is 43.9 Å². The zero-order valence-electron chi connectivity index (χ0n) is 34.0. The van der Waals surface area contributed by atoms with Gasteiger partial charge >= 0.3 is 0 Å². The SMILES string of the molecule is Cc1cccc(C)c1-n1c(-c2[c-]cccc2)nc2ccccc21.[2H]C([2H])([2H])c1cnc(-c2[c-]ccc3c2oc2c(C([2H])([2H])[2H])cccc23)cc1C([2H])([2H])[2H].[Ir]. The Labute approximate surface area is 295 Å². The Kier molecular flexibility index (Phi) is 6.11. The van der Waals surface area contributed by atoms with Gasteiger partial charge in [-0.15, -0.1) is 54.1 Å². The molecule has 5 heteroatoms. The second-order valence-electron chi connectivity index (χ2n) is 10.8. The van der Waals surface area contributed by atoms with E-state index in [1.165, 1.54) is 28.9 Å². The van der Waals surface area contributed by atoms with Crippen LogP contribution in [-0.4, -0.2) is 14.5 Å². The third-order valence-electron chi connectivity index (χ3n) is 7.79. The fraction of sp³-hybridized carbons (Fsp3) is 0.122. The second kappa shape index (κ2) is 12.9. The zero-order valence-corrected chi connectivity index (χ0v) is 27.4. The van der Waals surface area contributed by atoms with Crippen LogP contribution in [-0.2, 0) is 20.1 Å². The van der Waals surface area contributed by atoms with Gasteiger partial charge in [-0.25, -0.2) is 0 Å². The third kappa shape index (κ3) is 5.58. The van der Waals surface area contributed by atoms with E-state index < -0.39 is 20.6 Å². The standard InChI is InChI=1S/C21H17N2.C20H16NO.Ir/c1-15-9-8-10-16(2)20(15)23-19-14-7-6-13-18(19)22-21(23)17-11-4-3-5-12-17;1-12-6-4-7-15-16-8-5-9-17(20(16)22-19(12)15)18-10-13(2)14(3)11-21-18;/h3-11,13-14H,1-2H3;4-8,10-11H,1-3H3;/q2*-1;/i;1D3,2D3,3D3;. The summed E-state index contributed by atoms with van der Waals surface area (Å²) in [5, 5.41) is 1.21. The Balaban J connectivity index is 0.000000191. The molecule has 3 heterocycles. The maximum atomic E-state index is 7.76. The van der Waals surface area contributed by atoms with E-state index in [2.05, 4.69) is 78.0 Å². The van der Waals surface area contributed by atoms with E-state index in [9.17, 15) is 0 Å². The Morgan fingerprint density at radius 2 is 1.43 bits per heavy atom. The molecule has 0 amide bonds. The van der Waals surface area contributed by atoms with E-state index >= 15 is 0 Å². The summed E-state index contributed by atoms with van der Waals surface area (Å²) in [7, 11) is 0. The maximum absolute atomic E-state index is 7.76. The summed E-state index contributed by atoms with van der Waals surface area (Å²) in [6.45, 7) is -3.40. The molecule has 4 nitrogen and oxygen atoms in total. The number of rotatable bonds is 3. The van der Waals surface area contributed by atoms with Crippen molar-refractivity contribution in [3.63, 3.8) is 0 Å². The third-order valence-corrected chi connectivity index (χ3v) is 7.79. The molecular formula is C41H33IrN3O-2. The Morgan fingerprint density at radius 3 is 2.22 bits per heavy atom. The van der Waals surface area contributed by atoms with E-state index in [0.29, 0.717) is 21.9 Å². The van der Waals surface area contributed by atoms with Gasteiger partial charge in [-0.1, -0.05) is 71.1 Å². The molecule has 0 saturated carbocycles. The number of nitrogens with zero attached hydrogens (tertiary/aromatic N) is 3. The van der Waals surface area contributed by atoms with Crippen molar-refractivity contribution in [3.8, 4) is 28.3 Å². The molecule has 0 saturated heterocycles. The number of para-hydroxylation sites is 4. The molecule has 0 spiro atoms. The largest absolute Gasteiger partial charge is 0.500 e. The predicted molar refractivity (Wildman–Crippen MR) is 185 cm³/mol. The van der Waals surface area contributed by atoms with Crippen LogP contribution in [0.1, 0.15) is 40.2 Å². The number of hydrogen-bond acceptors (Lipinski definition) is 3. The molecule has 0 atom stereocenters. The second-order valence-corrected chi connectivity index (χ2v) is 10.8. The van der Waals surface area contributed by atoms with Crippen molar-refractivity contribution in [1.82, 2.24) is 14.5 Å². The van der Waals surface area contributed by atoms with Crippen molar-refractivity contribution in [3.05, 3.63) is 149 Å². The summed E-state index contributed by atoms with van der Waals surface area (Å²) in [6, 6.07) is 38.3. The summed E-state index contributed by atoms with van der Waals surface area (Å²) < 4.78 is 77.6. The van der Waals surface area contributed by atoms with Gasteiger partial charge in [0.25, 0.3) is 0 Å². The van der Waals surface area contributed by atoms with Gasteiger partial charge < -0.3 is 14.0 Å². The number of fused-ring (bicyclic) bond motifs is 4. The van der Waals surface area contributed by atoms with E-state index in [4.69, 9.17) is 21.7 Å². The van der Waals surface area contributed by atoms with Crippen LogP contribution < -0.4 is 0 Å². The molecule has 229 valence electrons. The van der Waals surface area contributed by atoms with Crippen LogP contribution in [0.25, 0.3) is 61.3 Å². The molecule has 0 fully saturated rings. The Hall–Kier alpha value is -4.83. The van der Waals surface area contributed by atoms with Crippen molar-refractivity contribution in [2.75, 3.05) is 0 Å². The average Bonchev–Trinajstić information content (AvgIpc) is 3.70. The summed E-state index contributed by atoms with van der Waals surface area (Å²) >= 11 is 0. The normalized spacial score (nSPS) is 14.7. The maximum Gasteiger partial charge on any atom is 0.123 e. The summed E-state index contributed by atoms with van der Waals surface area (Å²) in [5.74, 6) is 0.934. The van der Waals surface area contributed by atoms with Crippen molar-refractivity contribution >= 4 is 33.0 Å². The van der Waals surface area contributed by atoms with Crippen molar-refractivity contribution in [2.24, 2.45) is 0 Å². The minimum atomic E-state index is -2.67. The Bertz CT molecular complexity index is 2640. The van der Waals surface area contributed by atoms with Crippen molar-refractivity contribution in [2.45, 2.75) is 34.4 Å². The molecule has 1 radical (unpaired) electrons. The first kappa shape index (κ1) is 21.8.